The zero-order chi connectivity index (χ0) is 21.8. The molecule has 0 bridgehead atoms. The summed E-state index contributed by atoms with van der Waals surface area (Å²) in [4.78, 5) is 25.3. The van der Waals surface area contributed by atoms with E-state index in [-0.39, 0.29) is 29.9 Å². The van der Waals surface area contributed by atoms with Crippen molar-refractivity contribution in [2.24, 2.45) is 5.41 Å². The Morgan fingerprint density at radius 2 is 1.76 bits per heavy atom. The number of aliphatic hydroxyl groups is 1. The second kappa shape index (κ2) is 9.16. The van der Waals surface area contributed by atoms with Gasteiger partial charge in [-0.2, -0.15) is 0 Å². The van der Waals surface area contributed by atoms with Gasteiger partial charge in [-0.1, -0.05) is 60.1 Å². The third-order valence-electron chi connectivity index (χ3n) is 5.13. The maximum Gasteiger partial charge on any atom is 0.324 e. The van der Waals surface area contributed by atoms with Crippen LogP contribution in [0.25, 0.3) is 0 Å². The highest BCUT2D eigenvalue weighted by molar-refractivity contribution is 6.04. The summed E-state index contributed by atoms with van der Waals surface area (Å²) in [6.45, 7) is 13.1. The molecule has 0 aliphatic carbocycles. The average Bonchev–Trinajstić information content (AvgIpc) is 2.86. The van der Waals surface area contributed by atoms with Crippen LogP contribution in [-0.4, -0.2) is 47.2 Å². The Labute approximate surface area is 174 Å². The largest absolute Gasteiger partial charge is 0.491 e. The molecule has 1 aliphatic rings. The third-order valence-corrected chi connectivity index (χ3v) is 5.13. The number of hydrogen-bond acceptors (Lipinski definition) is 4. The Morgan fingerprint density at radius 3 is 2.31 bits per heavy atom. The summed E-state index contributed by atoms with van der Waals surface area (Å²) in [5.41, 5.74) is 1.52. The van der Waals surface area contributed by atoms with Gasteiger partial charge in [0.15, 0.2) is 0 Å². The molecule has 2 unspecified atom stereocenters. The number of hydrogen-bond donors (Lipinski definition) is 2. The maximum absolute atomic E-state index is 12.2. The first-order valence-electron chi connectivity index (χ1n) is 10.5. The predicted molar refractivity (Wildman–Crippen MR) is 114 cm³/mol. The fraction of sp³-hybridized carbons (Fsp3) is 0.652. The summed E-state index contributed by atoms with van der Waals surface area (Å²) in [7, 11) is 0. The smallest absolute Gasteiger partial charge is 0.324 e. The van der Waals surface area contributed by atoms with Crippen LogP contribution in [0.1, 0.15) is 66.4 Å². The second-order valence-corrected chi connectivity index (χ2v) is 9.85. The van der Waals surface area contributed by atoms with Gasteiger partial charge < -0.3 is 15.2 Å². The molecule has 1 fully saturated rings. The number of carbonyl (C=O) groups is 2. The van der Waals surface area contributed by atoms with Gasteiger partial charge >= 0.3 is 6.03 Å². The molecule has 29 heavy (non-hydrogen) atoms. The first-order chi connectivity index (χ1) is 13.4. The van der Waals surface area contributed by atoms with Crippen LogP contribution >= 0.6 is 0 Å². The fourth-order valence-corrected chi connectivity index (χ4v) is 4.12. The molecule has 0 saturated carbocycles. The summed E-state index contributed by atoms with van der Waals surface area (Å²) in [6, 6.07) is 6.98. The highest BCUT2D eigenvalue weighted by Crippen LogP contribution is 2.36. The molecule has 6 nitrogen and oxygen atoms in total. The lowest BCUT2D eigenvalue weighted by Gasteiger charge is -2.33. The summed E-state index contributed by atoms with van der Waals surface area (Å²) in [5.74, 6) is 0.377. The maximum atomic E-state index is 12.2. The van der Waals surface area contributed by atoms with Gasteiger partial charge in [-0.05, 0) is 41.4 Å². The highest BCUT2D eigenvalue weighted by Gasteiger charge is 2.38. The molecule has 0 aromatic heterocycles. The molecule has 1 aromatic rings. The zero-order valence-corrected chi connectivity index (χ0v) is 18.6. The van der Waals surface area contributed by atoms with Crippen LogP contribution < -0.4 is 10.1 Å². The Morgan fingerprint density at radius 1 is 1.14 bits per heavy atom. The van der Waals surface area contributed by atoms with Gasteiger partial charge in [0.2, 0.25) is 0 Å². The van der Waals surface area contributed by atoms with Gasteiger partial charge in [0, 0.05) is 0 Å². The molecule has 162 valence electrons. The molecule has 2 atom stereocenters. The van der Waals surface area contributed by atoms with Crippen molar-refractivity contribution >= 4 is 11.9 Å². The van der Waals surface area contributed by atoms with Crippen molar-refractivity contribution in [2.75, 3.05) is 13.2 Å². The molecule has 2 rings (SSSR count). The molecular formula is C23H36N2O4. The molecule has 1 aliphatic heterocycles. The summed E-state index contributed by atoms with van der Waals surface area (Å²) < 4.78 is 5.67. The number of carbonyl (C=O) groups excluding carboxylic acids is 2. The minimum Gasteiger partial charge on any atom is -0.491 e. The van der Waals surface area contributed by atoms with Crippen LogP contribution in [0, 0.1) is 5.41 Å². The average molecular weight is 405 g/mol. The van der Waals surface area contributed by atoms with Crippen molar-refractivity contribution in [3.05, 3.63) is 29.8 Å². The van der Waals surface area contributed by atoms with Gasteiger partial charge in [-0.25, -0.2) is 4.79 Å². The fourth-order valence-electron chi connectivity index (χ4n) is 4.12. The van der Waals surface area contributed by atoms with Gasteiger partial charge in [0.1, 0.15) is 24.5 Å². The number of aliphatic hydroxyl groups excluding tert-OH is 1. The standard InChI is InChI=1S/C23H36N2O4/c1-7-8-19-20(27)25(21(28)24-19)13-17(26)14-29-18-11-9-16(10-12-18)23(5,6)15-22(2,3)4/h9-12,17,19,26H,7-8,13-15H2,1-6H3,(H,24,28). The van der Waals surface area contributed by atoms with Crippen molar-refractivity contribution in [3.63, 3.8) is 0 Å². The number of urea groups is 1. The lowest BCUT2D eigenvalue weighted by molar-refractivity contribution is -0.128. The minimum absolute atomic E-state index is 0.0141. The first-order valence-corrected chi connectivity index (χ1v) is 10.5. The van der Waals surface area contributed by atoms with Crippen LogP contribution in [0.2, 0.25) is 0 Å². The molecule has 6 heteroatoms. The summed E-state index contributed by atoms with van der Waals surface area (Å²) >= 11 is 0. The molecule has 0 radical (unpaired) electrons. The van der Waals surface area contributed by atoms with E-state index >= 15 is 0 Å². The Balaban J connectivity index is 1.88. The van der Waals surface area contributed by atoms with E-state index in [0.717, 1.165) is 17.7 Å². The van der Waals surface area contributed by atoms with Gasteiger partial charge in [0.05, 0.1) is 6.54 Å². The molecular weight excluding hydrogens is 368 g/mol. The number of amides is 3. The zero-order valence-electron chi connectivity index (χ0n) is 18.6. The molecule has 2 N–H and O–H groups in total. The summed E-state index contributed by atoms with van der Waals surface area (Å²) in [5, 5.41) is 12.9. The lowest BCUT2D eigenvalue weighted by Crippen LogP contribution is -2.40. The number of imide groups is 1. The number of benzene rings is 1. The molecule has 1 heterocycles. The van der Waals surface area contributed by atoms with E-state index in [9.17, 15) is 14.7 Å². The lowest BCUT2D eigenvalue weighted by atomic mass is 9.72. The highest BCUT2D eigenvalue weighted by atomic mass is 16.5. The van der Waals surface area contributed by atoms with Crippen molar-refractivity contribution in [2.45, 2.75) is 78.4 Å². The third kappa shape index (κ3) is 6.46. The molecule has 3 amide bonds. The molecule has 0 spiro atoms. The van der Waals surface area contributed by atoms with Crippen LogP contribution in [0.5, 0.6) is 5.75 Å². The second-order valence-electron chi connectivity index (χ2n) is 9.85. The summed E-state index contributed by atoms with van der Waals surface area (Å²) in [6.07, 6.45) is 1.52. The SMILES string of the molecule is CCCC1NC(=O)N(CC(O)COc2ccc(C(C)(C)CC(C)(C)C)cc2)C1=O. The van der Waals surface area contributed by atoms with E-state index in [1.54, 1.807) is 0 Å². The molecule has 1 saturated heterocycles. The number of nitrogens with zero attached hydrogens (tertiary/aromatic N) is 1. The van der Waals surface area contributed by atoms with E-state index in [2.05, 4.69) is 52.1 Å². The van der Waals surface area contributed by atoms with E-state index in [0.29, 0.717) is 12.2 Å². The number of β-amino-alcohol motifs (C(OH)–C–C–N with tert-alkyl or cyclic N) is 1. The van der Waals surface area contributed by atoms with Crippen LogP contribution in [0.15, 0.2) is 24.3 Å². The van der Waals surface area contributed by atoms with Crippen molar-refractivity contribution < 1.29 is 19.4 Å². The van der Waals surface area contributed by atoms with E-state index in [1.165, 1.54) is 5.56 Å². The van der Waals surface area contributed by atoms with Crippen molar-refractivity contribution in [1.82, 2.24) is 10.2 Å². The number of nitrogens with one attached hydrogen (secondary N) is 1. The Kier molecular flexibility index (Phi) is 7.33. The van der Waals surface area contributed by atoms with E-state index < -0.39 is 18.2 Å². The molecule has 1 aromatic carbocycles. The van der Waals surface area contributed by atoms with Gasteiger partial charge in [0.25, 0.3) is 5.91 Å². The monoisotopic (exact) mass is 404 g/mol. The quantitative estimate of drug-likeness (QED) is 0.613. The van der Waals surface area contributed by atoms with Gasteiger partial charge in [-0.15, -0.1) is 0 Å². The van der Waals surface area contributed by atoms with E-state index in [1.807, 2.05) is 19.1 Å². The topological polar surface area (TPSA) is 78.9 Å². The van der Waals surface area contributed by atoms with Crippen molar-refractivity contribution in [3.8, 4) is 5.75 Å². The van der Waals surface area contributed by atoms with E-state index in [4.69, 9.17) is 4.74 Å². The number of ether oxygens (including phenoxy) is 1. The normalized spacial score (nSPS) is 18.7. The van der Waals surface area contributed by atoms with Crippen LogP contribution in [0.4, 0.5) is 4.79 Å². The van der Waals surface area contributed by atoms with Crippen LogP contribution in [-0.2, 0) is 10.2 Å². The number of rotatable bonds is 9. The van der Waals surface area contributed by atoms with Gasteiger partial charge in [-0.3, -0.25) is 9.69 Å². The first kappa shape index (κ1) is 23.2. The van der Waals surface area contributed by atoms with Crippen LogP contribution in [0.3, 0.4) is 0 Å². The minimum atomic E-state index is -0.943. The Bertz CT molecular complexity index is 707. The Hall–Kier alpha value is -2.08. The van der Waals surface area contributed by atoms with Crippen molar-refractivity contribution in [1.29, 1.82) is 0 Å². The predicted octanol–water partition coefficient (Wildman–Crippen LogP) is 3.86.